The van der Waals surface area contributed by atoms with E-state index in [2.05, 4.69) is 0 Å². The van der Waals surface area contributed by atoms with Crippen LogP contribution in [0.4, 0.5) is 0 Å². The Labute approximate surface area is 84.5 Å². The van der Waals surface area contributed by atoms with Crippen LogP contribution in [0.3, 0.4) is 0 Å². The Bertz CT molecular complexity index is 439. The number of phenols is 4. The second-order valence-corrected chi connectivity index (χ2v) is 2.77. The summed E-state index contributed by atoms with van der Waals surface area (Å²) < 4.78 is 0. The molecule has 1 amide bonds. The highest BCUT2D eigenvalue weighted by Gasteiger charge is 2.14. The highest BCUT2D eigenvalue weighted by atomic mass is 16.3. The summed E-state index contributed by atoms with van der Waals surface area (Å²) in [5.74, 6) is -3.71. The Morgan fingerprint density at radius 3 is 2.27 bits per heavy atom. The molecular weight excluding hydrogens is 202 g/mol. The fourth-order valence-corrected chi connectivity index (χ4v) is 0.953. The van der Waals surface area contributed by atoms with Gasteiger partial charge in [-0.1, -0.05) is 0 Å². The average Bonchev–Trinajstić information content (AvgIpc) is 2.18. The quantitative estimate of drug-likeness (QED) is 0.268. The summed E-state index contributed by atoms with van der Waals surface area (Å²) in [5.41, 5.74) is 4.77. The zero-order valence-electron chi connectivity index (χ0n) is 7.51. The first-order valence-corrected chi connectivity index (χ1v) is 3.88. The number of hydrogen-bond donors (Lipinski definition) is 5. The molecule has 6 nitrogen and oxygen atoms in total. The lowest BCUT2D eigenvalue weighted by molar-refractivity contribution is -0.113. The minimum Gasteiger partial charge on any atom is -0.504 e. The van der Waals surface area contributed by atoms with Crippen molar-refractivity contribution in [2.45, 2.75) is 0 Å². The number of rotatable bonds is 2. The molecule has 1 aromatic carbocycles. The number of primary amides is 1. The van der Waals surface area contributed by atoms with E-state index in [-0.39, 0.29) is 5.56 Å². The molecule has 0 spiro atoms. The van der Waals surface area contributed by atoms with Gasteiger partial charge in [-0.25, -0.2) is 0 Å². The molecule has 0 aliphatic carbocycles. The zero-order valence-corrected chi connectivity index (χ0v) is 7.51. The first-order chi connectivity index (χ1) is 6.93. The van der Waals surface area contributed by atoms with Crippen molar-refractivity contribution < 1.29 is 25.2 Å². The lowest BCUT2D eigenvalue weighted by Gasteiger charge is -2.05. The smallest absolute Gasteiger partial charge is 0.241 e. The molecule has 0 aliphatic rings. The topological polar surface area (TPSA) is 124 Å². The Balaban J connectivity index is 3.26. The zero-order chi connectivity index (χ0) is 11.6. The van der Waals surface area contributed by atoms with Crippen molar-refractivity contribution in [3.63, 3.8) is 0 Å². The molecule has 0 radical (unpaired) electrons. The number of benzene rings is 1. The third-order valence-corrected chi connectivity index (χ3v) is 1.68. The van der Waals surface area contributed by atoms with Crippen molar-refractivity contribution in [2.24, 2.45) is 5.73 Å². The summed E-state index contributed by atoms with van der Waals surface area (Å²) in [6, 6.07) is 0.976. The van der Waals surface area contributed by atoms with Crippen LogP contribution in [-0.4, -0.2) is 26.3 Å². The van der Waals surface area contributed by atoms with Gasteiger partial charge in [0.15, 0.2) is 11.5 Å². The van der Waals surface area contributed by atoms with Crippen molar-refractivity contribution in [1.82, 2.24) is 0 Å². The lowest BCUT2D eigenvalue weighted by Crippen LogP contribution is -2.05. The first kappa shape index (κ1) is 10.7. The maximum absolute atomic E-state index is 10.4. The van der Waals surface area contributed by atoms with Crippen LogP contribution in [0.1, 0.15) is 5.56 Å². The molecule has 0 atom stereocenters. The van der Waals surface area contributed by atoms with Crippen molar-refractivity contribution in [2.75, 3.05) is 0 Å². The summed E-state index contributed by atoms with van der Waals surface area (Å²) in [5, 5.41) is 36.5. The summed E-state index contributed by atoms with van der Waals surface area (Å²) in [7, 11) is 0. The molecular formula is C9H9NO5. The number of phenolic OH excluding ortho intramolecular Hbond substituents is 4. The van der Waals surface area contributed by atoms with E-state index in [9.17, 15) is 9.90 Å². The van der Waals surface area contributed by atoms with Crippen LogP contribution in [0.15, 0.2) is 12.1 Å². The second kappa shape index (κ2) is 3.79. The fraction of sp³-hybridized carbons (Fsp3) is 0. The number of hydrogen-bond acceptors (Lipinski definition) is 5. The fourth-order valence-electron chi connectivity index (χ4n) is 0.953. The number of aromatic hydroxyl groups is 4. The van der Waals surface area contributed by atoms with Gasteiger partial charge in [0, 0.05) is 11.6 Å². The molecule has 15 heavy (non-hydrogen) atoms. The molecule has 0 saturated heterocycles. The first-order valence-electron chi connectivity index (χ1n) is 3.88. The van der Waals surface area contributed by atoms with Crippen molar-refractivity contribution in [3.05, 3.63) is 17.7 Å². The number of amides is 1. The number of carbonyl (C=O) groups is 1. The molecule has 0 unspecified atom stereocenters. The van der Waals surface area contributed by atoms with E-state index < -0.39 is 28.9 Å². The molecule has 6 N–H and O–H groups in total. The Hall–Kier alpha value is -2.37. The molecule has 0 bridgehead atoms. The average molecular weight is 211 g/mol. The van der Waals surface area contributed by atoms with Crippen LogP contribution in [0.25, 0.3) is 6.08 Å². The van der Waals surface area contributed by atoms with Crippen molar-refractivity contribution in [3.8, 4) is 23.0 Å². The van der Waals surface area contributed by atoms with E-state index in [1.807, 2.05) is 0 Å². The van der Waals surface area contributed by atoms with Gasteiger partial charge < -0.3 is 26.2 Å². The summed E-state index contributed by atoms with van der Waals surface area (Å²) in [6.45, 7) is 0. The predicted octanol–water partition coefficient (Wildman–Crippen LogP) is 0.00750. The van der Waals surface area contributed by atoms with E-state index in [0.717, 1.165) is 18.2 Å². The van der Waals surface area contributed by atoms with Crippen molar-refractivity contribution >= 4 is 12.0 Å². The van der Waals surface area contributed by atoms with Gasteiger partial charge in [-0.3, -0.25) is 4.79 Å². The molecule has 0 aliphatic heterocycles. The van der Waals surface area contributed by atoms with Gasteiger partial charge in [0.1, 0.15) is 0 Å². The highest BCUT2D eigenvalue weighted by molar-refractivity contribution is 5.91. The van der Waals surface area contributed by atoms with Gasteiger partial charge >= 0.3 is 0 Å². The van der Waals surface area contributed by atoms with E-state index in [4.69, 9.17) is 21.1 Å². The molecule has 0 saturated carbocycles. The van der Waals surface area contributed by atoms with Gasteiger partial charge in [-0.15, -0.1) is 0 Å². The van der Waals surface area contributed by atoms with Gasteiger partial charge in [0.05, 0.1) is 0 Å². The minimum absolute atomic E-state index is 0.0402. The Morgan fingerprint density at radius 1 is 1.13 bits per heavy atom. The van der Waals surface area contributed by atoms with Crippen molar-refractivity contribution in [1.29, 1.82) is 0 Å². The van der Waals surface area contributed by atoms with Crippen LogP contribution >= 0.6 is 0 Å². The highest BCUT2D eigenvalue weighted by Crippen LogP contribution is 2.44. The minimum atomic E-state index is -0.862. The summed E-state index contributed by atoms with van der Waals surface area (Å²) in [6.07, 6.45) is 2.03. The third-order valence-electron chi connectivity index (χ3n) is 1.68. The van der Waals surface area contributed by atoms with E-state index in [1.54, 1.807) is 0 Å². The lowest BCUT2D eigenvalue weighted by atomic mass is 10.1. The number of carbonyl (C=O) groups excluding carboxylic acids is 1. The van der Waals surface area contributed by atoms with Gasteiger partial charge in [-0.2, -0.15) is 0 Å². The molecule has 1 rings (SSSR count). The number of nitrogens with two attached hydrogens (primary N) is 1. The van der Waals surface area contributed by atoms with Gasteiger partial charge in [0.25, 0.3) is 0 Å². The SMILES string of the molecule is NC(=O)C=Cc1cc(O)c(O)c(O)c1O. The maximum atomic E-state index is 10.4. The maximum Gasteiger partial charge on any atom is 0.241 e. The van der Waals surface area contributed by atoms with Crippen LogP contribution in [0.5, 0.6) is 23.0 Å². The molecule has 1 aromatic rings. The third kappa shape index (κ3) is 2.11. The summed E-state index contributed by atoms with van der Waals surface area (Å²) in [4.78, 5) is 10.4. The summed E-state index contributed by atoms with van der Waals surface area (Å²) >= 11 is 0. The Morgan fingerprint density at radius 2 is 1.73 bits per heavy atom. The molecule has 80 valence electrons. The molecule has 0 heterocycles. The second-order valence-electron chi connectivity index (χ2n) is 2.77. The van der Waals surface area contributed by atoms with Crippen LogP contribution in [-0.2, 0) is 4.79 Å². The standard InChI is InChI=1S/C9H9NO5/c10-6(12)2-1-4-3-5(11)8(14)9(15)7(4)13/h1-3,11,13-15H,(H2,10,12). The molecule has 6 heteroatoms. The van der Waals surface area contributed by atoms with Gasteiger partial charge in [0.2, 0.25) is 17.4 Å². The predicted molar refractivity (Wildman–Crippen MR) is 51.3 cm³/mol. The van der Waals surface area contributed by atoms with E-state index in [0.29, 0.717) is 0 Å². The Kier molecular flexibility index (Phi) is 2.70. The largest absolute Gasteiger partial charge is 0.504 e. The van der Waals surface area contributed by atoms with Crippen LogP contribution < -0.4 is 5.73 Å². The van der Waals surface area contributed by atoms with Crippen LogP contribution in [0, 0.1) is 0 Å². The molecule has 0 aromatic heterocycles. The van der Waals surface area contributed by atoms with Crippen LogP contribution in [0.2, 0.25) is 0 Å². The monoisotopic (exact) mass is 211 g/mol. The van der Waals surface area contributed by atoms with E-state index in [1.165, 1.54) is 0 Å². The normalized spacial score (nSPS) is 10.7. The van der Waals surface area contributed by atoms with E-state index >= 15 is 0 Å². The van der Waals surface area contributed by atoms with Gasteiger partial charge in [-0.05, 0) is 12.1 Å². The molecule has 0 fully saturated rings.